The second-order valence-corrected chi connectivity index (χ2v) is 9.89. The molecule has 0 aliphatic heterocycles. The number of hydrogen-bond acceptors (Lipinski definition) is 2. The first-order valence-electron chi connectivity index (χ1n) is 9.93. The number of carbonyl (C=O) groups excluding carboxylic acids is 1. The Kier molecular flexibility index (Phi) is 4.17. The number of carbonyl (C=O) groups is 1. The molecule has 6 unspecified atom stereocenters. The molecule has 1 N–H and O–H groups in total. The molecule has 0 saturated heterocycles. The van der Waals surface area contributed by atoms with Crippen LogP contribution in [0.5, 0.6) is 0 Å². The standard InChI is InChI=1S/C20H28F3N3O/c1-10-5-11-7-12-13(6-10)16(14(12)8-11)25-18(27)15-9-24-26(19(2,3)4)17(15)20(21,22)23/h9-14,16H,5-8H2,1-4H3,(H,25,27). The van der Waals surface area contributed by atoms with E-state index in [1.54, 1.807) is 20.8 Å². The van der Waals surface area contributed by atoms with Crippen LogP contribution in [-0.4, -0.2) is 21.7 Å². The van der Waals surface area contributed by atoms with E-state index in [1.165, 1.54) is 12.8 Å². The topological polar surface area (TPSA) is 46.9 Å². The molecular formula is C20H28F3N3O. The lowest BCUT2D eigenvalue weighted by atomic mass is 9.59. The summed E-state index contributed by atoms with van der Waals surface area (Å²) >= 11 is 0. The molecule has 1 aromatic rings. The maximum Gasteiger partial charge on any atom is 0.433 e. The Morgan fingerprint density at radius 3 is 2.37 bits per heavy atom. The Labute approximate surface area is 157 Å². The maximum atomic E-state index is 13.7. The van der Waals surface area contributed by atoms with Gasteiger partial charge in [0.1, 0.15) is 0 Å². The molecular weight excluding hydrogens is 355 g/mol. The third kappa shape index (κ3) is 3.07. The molecule has 0 aromatic carbocycles. The summed E-state index contributed by atoms with van der Waals surface area (Å²) in [7, 11) is 0. The summed E-state index contributed by atoms with van der Waals surface area (Å²) in [5.41, 5.74) is -2.17. The fraction of sp³-hybridized carbons (Fsp3) is 0.800. The monoisotopic (exact) mass is 383 g/mol. The summed E-state index contributed by atoms with van der Waals surface area (Å²) in [5.74, 6) is 2.20. The number of amides is 1. The van der Waals surface area contributed by atoms with Gasteiger partial charge in [-0.15, -0.1) is 0 Å². The minimum absolute atomic E-state index is 0.00863. The largest absolute Gasteiger partial charge is 0.433 e. The summed E-state index contributed by atoms with van der Waals surface area (Å²) in [6.07, 6.45) is 1.08. The predicted octanol–water partition coefficient (Wildman–Crippen LogP) is 4.46. The van der Waals surface area contributed by atoms with E-state index in [4.69, 9.17) is 0 Å². The first-order chi connectivity index (χ1) is 12.5. The first kappa shape index (κ1) is 18.8. The van der Waals surface area contributed by atoms with E-state index in [9.17, 15) is 18.0 Å². The number of nitrogens with one attached hydrogen (secondary N) is 1. The van der Waals surface area contributed by atoms with E-state index in [0.29, 0.717) is 23.7 Å². The van der Waals surface area contributed by atoms with Gasteiger partial charge in [-0.3, -0.25) is 9.48 Å². The molecule has 7 heteroatoms. The number of halogens is 3. The highest BCUT2D eigenvalue weighted by molar-refractivity contribution is 5.95. The molecule has 3 aliphatic rings. The van der Waals surface area contributed by atoms with Crippen LogP contribution in [0.2, 0.25) is 0 Å². The Hall–Kier alpha value is -1.53. The molecule has 150 valence electrons. The zero-order valence-corrected chi connectivity index (χ0v) is 16.3. The molecule has 4 rings (SSSR count). The summed E-state index contributed by atoms with van der Waals surface area (Å²) in [6, 6.07) is 0.00863. The SMILES string of the molecule is CC1CC2CC3C(C1)C(NC(=O)c1cnn(C(C)(C)C)c1C(F)(F)F)C3C2. The lowest BCUT2D eigenvalue weighted by molar-refractivity contribution is -0.146. The van der Waals surface area contributed by atoms with Gasteiger partial charge in [0.15, 0.2) is 5.69 Å². The highest BCUT2D eigenvalue weighted by Gasteiger charge is 2.57. The number of rotatable bonds is 2. The van der Waals surface area contributed by atoms with Crippen molar-refractivity contribution >= 4 is 5.91 Å². The van der Waals surface area contributed by atoms with Gasteiger partial charge in [0.05, 0.1) is 17.3 Å². The van der Waals surface area contributed by atoms with Crippen molar-refractivity contribution in [3.8, 4) is 0 Å². The molecule has 0 spiro atoms. The number of fused-ring (bicyclic) bond motifs is 1. The molecule has 3 fully saturated rings. The fourth-order valence-corrected chi connectivity index (χ4v) is 5.94. The Morgan fingerprint density at radius 2 is 1.74 bits per heavy atom. The number of hydrogen-bond donors (Lipinski definition) is 1. The van der Waals surface area contributed by atoms with Crippen molar-refractivity contribution in [3.63, 3.8) is 0 Å². The van der Waals surface area contributed by atoms with Crippen LogP contribution < -0.4 is 5.32 Å². The van der Waals surface area contributed by atoms with Crippen molar-refractivity contribution in [3.05, 3.63) is 17.5 Å². The number of aromatic nitrogens is 2. The summed E-state index contributed by atoms with van der Waals surface area (Å²) in [5, 5.41) is 6.87. The molecule has 1 heterocycles. The van der Waals surface area contributed by atoms with Crippen LogP contribution in [0, 0.1) is 29.6 Å². The van der Waals surface area contributed by atoms with Gasteiger partial charge in [0, 0.05) is 6.04 Å². The van der Waals surface area contributed by atoms with E-state index >= 15 is 0 Å². The predicted molar refractivity (Wildman–Crippen MR) is 95.1 cm³/mol. The van der Waals surface area contributed by atoms with Gasteiger partial charge in [-0.05, 0) is 76.0 Å². The fourth-order valence-electron chi connectivity index (χ4n) is 5.94. The quantitative estimate of drug-likeness (QED) is 0.820. The second-order valence-electron chi connectivity index (χ2n) is 9.89. The van der Waals surface area contributed by atoms with Crippen molar-refractivity contribution in [2.24, 2.45) is 29.6 Å². The van der Waals surface area contributed by atoms with E-state index in [1.807, 2.05) is 0 Å². The van der Waals surface area contributed by atoms with Crippen molar-refractivity contribution in [1.82, 2.24) is 15.1 Å². The van der Waals surface area contributed by atoms with Gasteiger partial charge < -0.3 is 5.32 Å². The van der Waals surface area contributed by atoms with E-state index in [2.05, 4.69) is 17.3 Å². The van der Waals surface area contributed by atoms with Crippen LogP contribution in [0.4, 0.5) is 13.2 Å². The Bertz CT molecular complexity index is 749. The lowest BCUT2D eigenvalue weighted by Gasteiger charge is -2.50. The smallest absolute Gasteiger partial charge is 0.349 e. The van der Waals surface area contributed by atoms with Crippen LogP contribution in [0.25, 0.3) is 0 Å². The number of alkyl halides is 3. The molecule has 3 aliphatic carbocycles. The minimum Gasteiger partial charge on any atom is -0.349 e. The summed E-state index contributed by atoms with van der Waals surface area (Å²) in [6.45, 7) is 7.20. The van der Waals surface area contributed by atoms with Gasteiger partial charge in [0.2, 0.25) is 0 Å². The highest BCUT2D eigenvalue weighted by atomic mass is 19.4. The average molecular weight is 383 g/mol. The van der Waals surface area contributed by atoms with Crippen LogP contribution in [0.3, 0.4) is 0 Å². The zero-order valence-electron chi connectivity index (χ0n) is 16.3. The second kappa shape index (κ2) is 5.98. The zero-order chi connectivity index (χ0) is 19.7. The summed E-state index contributed by atoms with van der Waals surface area (Å²) < 4.78 is 42.0. The van der Waals surface area contributed by atoms with Gasteiger partial charge >= 0.3 is 6.18 Å². The van der Waals surface area contributed by atoms with Gasteiger partial charge in [0.25, 0.3) is 5.91 Å². The van der Waals surface area contributed by atoms with Crippen molar-refractivity contribution in [1.29, 1.82) is 0 Å². The Morgan fingerprint density at radius 1 is 1.11 bits per heavy atom. The van der Waals surface area contributed by atoms with Crippen molar-refractivity contribution in [2.75, 3.05) is 0 Å². The van der Waals surface area contributed by atoms with Crippen LogP contribution in [0.15, 0.2) is 6.20 Å². The van der Waals surface area contributed by atoms with Gasteiger partial charge in [-0.25, -0.2) is 0 Å². The van der Waals surface area contributed by atoms with Crippen molar-refractivity contribution in [2.45, 2.75) is 71.1 Å². The average Bonchev–Trinajstić information content (AvgIpc) is 3.08. The van der Waals surface area contributed by atoms with Crippen LogP contribution >= 0.6 is 0 Å². The third-order valence-corrected chi connectivity index (χ3v) is 6.86. The molecule has 4 nitrogen and oxygen atoms in total. The minimum atomic E-state index is -4.63. The van der Waals surface area contributed by atoms with Crippen molar-refractivity contribution < 1.29 is 18.0 Å². The first-order valence-corrected chi connectivity index (χ1v) is 9.93. The van der Waals surface area contributed by atoms with Gasteiger partial charge in [-0.2, -0.15) is 18.3 Å². The molecule has 27 heavy (non-hydrogen) atoms. The summed E-state index contributed by atoms with van der Waals surface area (Å²) in [4.78, 5) is 12.8. The van der Waals surface area contributed by atoms with E-state index in [0.717, 1.165) is 29.6 Å². The lowest BCUT2D eigenvalue weighted by Crippen LogP contribution is -2.58. The molecule has 3 saturated carbocycles. The van der Waals surface area contributed by atoms with E-state index < -0.39 is 23.3 Å². The van der Waals surface area contributed by atoms with Crippen LogP contribution in [-0.2, 0) is 11.7 Å². The number of nitrogens with zero attached hydrogens (tertiary/aromatic N) is 2. The molecule has 0 radical (unpaired) electrons. The molecule has 2 bridgehead atoms. The third-order valence-electron chi connectivity index (χ3n) is 6.86. The van der Waals surface area contributed by atoms with Gasteiger partial charge in [-0.1, -0.05) is 6.92 Å². The normalized spacial score (nSPS) is 35.5. The maximum absolute atomic E-state index is 13.7. The molecule has 1 aromatic heterocycles. The molecule has 6 atom stereocenters. The van der Waals surface area contributed by atoms with Crippen LogP contribution in [0.1, 0.15) is 69.4 Å². The Balaban J connectivity index is 1.59. The molecule has 1 amide bonds. The van der Waals surface area contributed by atoms with E-state index in [-0.39, 0.29) is 11.6 Å². The highest BCUT2D eigenvalue weighted by Crippen LogP contribution is 2.59.